The maximum atomic E-state index is 11.5. The second-order valence-corrected chi connectivity index (χ2v) is 6.84. The third-order valence-corrected chi connectivity index (χ3v) is 4.55. The molecule has 164 valence electrons. The molecule has 0 saturated carbocycles. The number of phenolic OH excluding ortho intramolecular Hbond substituents is 1. The highest BCUT2D eigenvalue weighted by molar-refractivity contribution is 5.71. The first kappa shape index (κ1) is 23.5. The molecule has 0 aliphatic carbocycles. The number of hydrogen-bond donors (Lipinski definition) is 3. The number of rotatable bonds is 12. The maximum absolute atomic E-state index is 11.5. The summed E-state index contributed by atoms with van der Waals surface area (Å²) < 4.78 is 16.0. The first-order valence-electron chi connectivity index (χ1n) is 10.2. The summed E-state index contributed by atoms with van der Waals surface area (Å²) in [4.78, 5) is 11.5. The van der Waals surface area contributed by atoms with Gasteiger partial charge in [-0.2, -0.15) is 0 Å². The lowest BCUT2D eigenvalue weighted by molar-refractivity contribution is -0.145. The van der Waals surface area contributed by atoms with Gasteiger partial charge in [0.25, 0.3) is 0 Å². The van der Waals surface area contributed by atoms with Crippen molar-refractivity contribution in [2.24, 2.45) is 0 Å². The summed E-state index contributed by atoms with van der Waals surface area (Å²) in [5, 5.41) is 23.1. The van der Waals surface area contributed by atoms with E-state index in [0.717, 1.165) is 17.5 Å². The number of esters is 1. The molecule has 2 aromatic carbocycles. The lowest BCUT2D eigenvalue weighted by atomic mass is 10.0. The predicted octanol–water partition coefficient (Wildman–Crippen LogP) is 2.99. The van der Waals surface area contributed by atoms with E-state index in [4.69, 9.17) is 14.2 Å². The van der Waals surface area contributed by atoms with Crippen LogP contribution in [0, 0.1) is 0 Å². The fourth-order valence-corrected chi connectivity index (χ4v) is 2.95. The summed E-state index contributed by atoms with van der Waals surface area (Å²) >= 11 is 0. The van der Waals surface area contributed by atoms with Gasteiger partial charge in [0.05, 0.1) is 19.3 Å². The molecule has 7 nitrogen and oxygen atoms in total. The number of carbonyl (C=O) groups excluding carboxylic acids is 1. The van der Waals surface area contributed by atoms with Crippen molar-refractivity contribution in [1.82, 2.24) is 5.32 Å². The van der Waals surface area contributed by atoms with Gasteiger partial charge in [-0.25, -0.2) is 4.79 Å². The lowest BCUT2D eigenvalue weighted by Gasteiger charge is -2.21. The highest BCUT2D eigenvalue weighted by Gasteiger charge is 2.16. The van der Waals surface area contributed by atoms with Gasteiger partial charge in [-0.3, -0.25) is 0 Å². The molecule has 2 aromatic rings. The molecule has 0 saturated heterocycles. The van der Waals surface area contributed by atoms with E-state index in [1.165, 1.54) is 0 Å². The van der Waals surface area contributed by atoms with Crippen molar-refractivity contribution in [2.45, 2.75) is 39.3 Å². The van der Waals surface area contributed by atoms with Crippen LogP contribution in [0.4, 0.5) is 0 Å². The molecule has 0 aliphatic rings. The van der Waals surface area contributed by atoms with Crippen molar-refractivity contribution in [1.29, 1.82) is 0 Å². The van der Waals surface area contributed by atoms with Crippen LogP contribution in [-0.4, -0.2) is 48.6 Å². The van der Waals surface area contributed by atoms with Crippen molar-refractivity contribution in [3.8, 4) is 17.2 Å². The summed E-state index contributed by atoms with van der Waals surface area (Å²) in [6.07, 6.45) is 0.0495. The minimum absolute atomic E-state index is 0.159. The lowest BCUT2D eigenvalue weighted by Crippen LogP contribution is -2.33. The van der Waals surface area contributed by atoms with Gasteiger partial charge < -0.3 is 29.7 Å². The van der Waals surface area contributed by atoms with Crippen molar-refractivity contribution in [3.63, 3.8) is 0 Å². The molecule has 0 radical (unpaired) electrons. The maximum Gasteiger partial charge on any atom is 0.344 e. The molecule has 0 bridgehead atoms. The number of hydrogen-bond acceptors (Lipinski definition) is 7. The fraction of sp³-hybridized carbons (Fsp3) is 0.435. The Morgan fingerprint density at radius 3 is 2.43 bits per heavy atom. The van der Waals surface area contributed by atoms with E-state index in [1.54, 1.807) is 37.3 Å². The quantitative estimate of drug-likeness (QED) is 0.457. The normalized spacial score (nSPS) is 12.8. The summed E-state index contributed by atoms with van der Waals surface area (Å²) in [5.74, 6) is 0.829. The van der Waals surface area contributed by atoms with Crippen molar-refractivity contribution >= 4 is 5.97 Å². The van der Waals surface area contributed by atoms with Gasteiger partial charge in [-0.1, -0.05) is 18.2 Å². The first-order valence-corrected chi connectivity index (χ1v) is 10.2. The van der Waals surface area contributed by atoms with Crippen LogP contribution in [0.2, 0.25) is 0 Å². The van der Waals surface area contributed by atoms with E-state index in [1.807, 2.05) is 26.0 Å². The topological polar surface area (TPSA) is 97.3 Å². The molecule has 0 aliphatic heterocycles. The van der Waals surface area contributed by atoms with Crippen molar-refractivity contribution in [2.75, 3.05) is 26.4 Å². The number of aromatic hydroxyl groups is 1. The summed E-state index contributed by atoms with van der Waals surface area (Å²) in [6.45, 7) is 6.83. The minimum Gasteiger partial charge on any atom is -0.508 e. The van der Waals surface area contributed by atoms with E-state index < -0.39 is 12.1 Å². The largest absolute Gasteiger partial charge is 0.508 e. The molecule has 0 spiro atoms. The number of aliphatic hydroxyl groups is 1. The standard InChI is InChI=1S/C23H31NO6/c1-4-28-21-14-17(6-11-20(21)30-15-22(26)29-5-2)12-13-24-16(3)23(27)18-7-9-19(25)10-8-18/h6-11,14,16,23-25,27H,4-5,12-13,15H2,1-3H3/t16-,23-/m0/s1. The summed E-state index contributed by atoms with van der Waals surface area (Å²) in [5.41, 5.74) is 1.79. The Bertz CT molecular complexity index is 793. The van der Waals surface area contributed by atoms with Crippen LogP contribution in [0.15, 0.2) is 42.5 Å². The summed E-state index contributed by atoms with van der Waals surface area (Å²) in [6, 6.07) is 12.0. The average Bonchev–Trinajstić information content (AvgIpc) is 2.73. The fourth-order valence-electron chi connectivity index (χ4n) is 2.95. The van der Waals surface area contributed by atoms with Crippen LogP contribution in [0.1, 0.15) is 38.0 Å². The number of aliphatic hydroxyl groups excluding tert-OH is 1. The highest BCUT2D eigenvalue weighted by Crippen LogP contribution is 2.29. The molecule has 0 heterocycles. The Morgan fingerprint density at radius 1 is 1.03 bits per heavy atom. The second kappa shape index (κ2) is 12.0. The monoisotopic (exact) mass is 417 g/mol. The smallest absolute Gasteiger partial charge is 0.344 e. The summed E-state index contributed by atoms with van der Waals surface area (Å²) in [7, 11) is 0. The van der Waals surface area contributed by atoms with Gasteiger partial charge in [0.2, 0.25) is 0 Å². The van der Waals surface area contributed by atoms with Crippen molar-refractivity contribution < 1.29 is 29.2 Å². The van der Waals surface area contributed by atoms with Crippen LogP contribution >= 0.6 is 0 Å². The zero-order valence-electron chi connectivity index (χ0n) is 17.8. The zero-order valence-corrected chi connectivity index (χ0v) is 17.8. The molecule has 30 heavy (non-hydrogen) atoms. The van der Waals surface area contributed by atoms with Gasteiger partial charge in [-0.05, 0) is 69.1 Å². The van der Waals surface area contributed by atoms with Gasteiger partial charge >= 0.3 is 5.97 Å². The van der Waals surface area contributed by atoms with Crippen LogP contribution in [0.5, 0.6) is 17.2 Å². The van der Waals surface area contributed by atoms with E-state index in [2.05, 4.69) is 5.32 Å². The Kier molecular flexibility index (Phi) is 9.44. The molecular formula is C23H31NO6. The van der Waals surface area contributed by atoms with Crippen molar-refractivity contribution in [3.05, 3.63) is 53.6 Å². The molecular weight excluding hydrogens is 386 g/mol. The first-order chi connectivity index (χ1) is 14.4. The highest BCUT2D eigenvalue weighted by atomic mass is 16.6. The molecule has 0 unspecified atom stereocenters. The van der Waals surface area contributed by atoms with Gasteiger partial charge in [-0.15, -0.1) is 0 Å². The van der Waals surface area contributed by atoms with Gasteiger partial charge in [0.15, 0.2) is 18.1 Å². The molecule has 3 N–H and O–H groups in total. The predicted molar refractivity (Wildman–Crippen MR) is 114 cm³/mol. The van der Waals surface area contributed by atoms with Crippen LogP contribution in [0.3, 0.4) is 0 Å². The number of ether oxygens (including phenoxy) is 3. The molecule has 7 heteroatoms. The zero-order chi connectivity index (χ0) is 21.9. The Morgan fingerprint density at radius 2 is 1.77 bits per heavy atom. The molecule has 0 fully saturated rings. The molecule has 2 atom stereocenters. The number of nitrogens with one attached hydrogen (secondary N) is 1. The SMILES string of the molecule is CCOC(=O)COc1ccc(CCN[C@@H](C)[C@H](O)c2ccc(O)cc2)cc1OCC. The van der Waals surface area contributed by atoms with Crippen LogP contribution < -0.4 is 14.8 Å². The minimum atomic E-state index is -0.678. The van der Waals surface area contributed by atoms with Gasteiger partial charge in [0, 0.05) is 6.04 Å². The van der Waals surface area contributed by atoms with Crippen LogP contribution in [0.25, 0.3) is 0 Å². The number of carbonyl (C=O) groups is 1. The van der Waals surface area contributed by atoms with E-state index >= 15 is 0 Å². The number of phenols is 1. The molecule has 0 aromatic heterocycles. The average molecular weight is 418 g/mol. The Balaban J connectivity index is 1.90. The number of benzene rings is 2. The Hall–Kier alpha value is -2.77. The molecule has 0 amide bonds. The second-order valence-electron chi connectivity index (χ2n) is 6.84. The Labute approximate surface area is 177 Å². The molecule has 2 rings (SSSR count). The third-order valence-electron chi connectivity index (χ3n) is 4.55. The van der Waals surface area contributed by atoms with E-state index in [-0.39, 0.29) is 18.4 Å². The third kappa shape index (κ3) is 7.24. The van der Waals surface area contributed by atoms with Gasteiger partial charge in [0.1, 0.15) is 5.75 Å². The van der Waals surface area contributed by atoms with E-state index in [9.17, 15) is 15.0 Å². The van der Waals surface area contributed by atoms with Crippen LogP contribution in [-0.2, 0) is 16.0 Å². The van der Waals surface area contributed by atoms with E-state index in [0.29, 0.717) is 31.3 Å².